The van der Waals surface area contributed by atoms with E-state index in [2.05, 4.69) is 4.90 Å². The molecule has 0 atom stereocenters. The number of rotatable bonds is 6. The van der Waals surface area contributed by atoms with Crippen molar-refractivity contribution in [2.75, 3.05) is 32.1 Å². The summed E-state index contributed by atoms with van der Waals surface area (Å²) >= 11 is 13.4. The third-order valence-corrected chi connectivity index (χ3v) is 3.65. The highest BCUT2D eigenvalue weighted by Gasteiger charge is 2.10. The number of hydrogen-bond donors (Lipinski definition) is 0. The first-order chi connectivity index (χ1) is 8.00. The molecule has 0 N–H and O–H groups in total. The van der Waals surface area contributed by atoms with Crippen LogP contribution in [0.15, 0.2) is 18.2 Å². The minimum atomic E-state index is 0.0289. The van der Waals surface area contributed by atoms with Crippen molar-refractivity contribution in [2.24, 2.45) is 0 Å². The fraction of sp³-hybridized carbons (Fsp3) is 0.417. The molecule has 0 unspecified atom stereocenters. The average molecular weight is 292 g/mol. The van der Waals surface area contributed by atoms with Gasteiger partial charge in [0, 0.05) is 22.9 Å². The number of thioether (sulfide) groups is 1. The number of hydrogen-bond acceptors (Lipinski definition) is 3. The molecule has 0 spiro atoms. The van der Waals surface area contributed by atoms with Crippen LogP contribution >= 0.6 is 35.0 Å². The molecule has 5 heteroatoms. The maximum atomic E-state index is 11.9. The predicted octanol–water partition coefficient (Wildman–Crippen LogP) is 3.47. The second-order valence-corrected chi connectivity index (χ2v) is 5.85. The Balaban J connectivity index is 2.49. The second-order valence-electron chi connectivity index (χ2n) is 3.90. The van der Waals surface area contributed by atoms with E-state index >= 15 is 0 Å². The van der Waals surface area contributed by atoms with Crippen LogP contribution in [0.25, 0.3) is 0 Å². The third kappa shape index (κ3) is 5.30. The summed E-state index contributed by atoms with van der Waals surface area (Å²) in [6.45, 7) is 0.960. The molecule has 0 fully saturated rings. The smallest absolute Gasteiger partial charge is 0.174 e. The second kappa shape index (κ2) is 7.27. The molecular weight excluding hydrogens is 277 g/mol. The molecule has 1 aromatic carbocycles. The Morgan fingerprint density at radius 1 is 1.35 bits per heavy atom. The number of halogens is 2. The molecule has 1 aromatic rings. The number of benzene rings is 1. The third-order valence-electron chi connectivity index (χ3n) is 2.14. The van der Waals surface area contributed by atoms with Crippen molar-refractivity contribution in [3.05, 3.63) is 33.8 Å². The van der Waals surface area contributed by atoms with Crippen LogP contribution in [0.1, 0.15) is 10.4 Å². The monoisotopic (exact) mass is 291 g/mol. The van der Waals surface area contributed by atoms with Gasteiger partial charge < -0.3 is 4.90 Å². The van der Waals surface area contributed by atoms with E-state index < -0.39 is 0 Å². The zero-order chi connectivity index (χ0) is 12.8. The highest BCUT2D eigenvalue weighted by molar-refractivity contribution is 8.00. The lowest BCUT2D eigenvalue weighted by molar-refractivity contribution is 0.102. The van der Waals surface area contributed by atoms with Gasteiger partial charge in [-0.1, -0.05) is 23.2 Å². The van der Waals surface area contributed by atoms with Gasteiger partial charge in [-0.25, -0.2) is 0 Å². The van der Waals surface area contributed by atoms with Gasteiger partial charge >= 0.3 is 0 Å². The Morgan fingerprint density at radius 3 is 2.71 bits per heavy atom. The van der Waals surface area contributed by atoms with E-state index in [0.717, 1.165) is 12.3 Å². The average Bonchev–Trinajstić information content (AvgIpc) is 2.27. The van der Waals surface area contributed by atoms with Crippen molar-refractivity contribution in [1.82, 2.24) is 4.90 Å². The van der Waals surface area contributed by atoms with Crippen LogP contribution in [0.4, 0.5) is 0 Å². The molecule has 0 aliphatic carbocycles. The lowest BCUT2D eigenvalue weighted by Crippen LogP contribution is -2.15. The molecular formula is C12H15Cl2NOS. The van der Waals surface area contributed by atoms with Gasteiger partial charge in [-0.2, -0.15) is 11.8 Å². The van der Waals surface area contributed by atoms with Crippen LogP contribution in [0.3, 0.4) is 0 Å². The standard InChI is InChI=1S/C12H15Cl2NOS/c1-15(2)5-6-17-8-12(16)10-7-9(13)3-4-11(10)14/h3-4,7H,5-6,8H2,1-2H3. The maximum Gasteiger partial charge on any atom is 0.174 e. The van der Waals surface area contributed by atoms with Crippen LogP contribution in [0.2, 0.25) is 10.0 Å². The van der Waals surface area contributed by atoms with Crippen LogP contribution in [0, 0.1) is 0 Å². The van der Waals surface area contributed by atoms with Crippen LogP contribution in [-0.4, -0.2) is 42.8 Å². The van der Waals surface area contributed by atoms with Crippen molar-refractivity contribution in [1.29, 1.82) is 0 Å². The first-order valence-electron chi connectivity index (χ1n) is 5.21. The Kier molecular flexibility index (Phi) is 6.34. The minimum absolute atomic E-state index is 0.0289. The first kappa shape index (κ1) is 14.8. The minimum Gasteiger partial charge on any atom is -0.309 e. The molecule has 0 radical (unpaired) electrons. The van der Waals surface area contributed by atoms with E-state index in [1.54, 1.807) is 30.0 Å². The Labute approximate surface area is 116 Å². The number of ketones is 1. The Morgan fingerprint density at radius 2 is 2.06 bits per heavy atom. The number of Topliss-reactive ketones (excluding diaryl/α,β-unsaturated/α-hetero) is 1. The van der Waals surface area contributed by atoms with Gasteiger partial charge in [-0.05, 0) is 32.3 Å². The molecule has 0 saturated carbocycles. The van der Waals surface area contributed by atoms with Crippen molar-refractivity contribution in [2.45, 2.75) is 0 Å². The molecule has 0 aliphatic heterocycles. The zero-order valence-corrected chi connectivity index (χ0v) is 12.2. The summed E-state index contributed by atoms with van der Waals surface area (Å²) in [6.07, 6.45) is 0. The molecule has 0 amide bonds. The lowest BCUT2D eigenvalue weighted by Gasteiger charge is -2.08. The lowest BCUT2D eigenvalue weighted by atomic mass is 10.1. The van der Waals surface area contributed by atoms with Crippen molar-refractivity contribution < 1.29 is 4.79 Å². The summed E-state index contributed by atoms with van der Waals surface area (Å²) in [6, 6.07) is 4.96. The van der Waals surface area contributed by atoms with E-state index in [0.29, 0.717) is 21.4 Å². The molecule has 17 heavy (non-hydrogen) atoms. The molecule has 0 aliphatic rings. The Bertz CT molecular complexity index is 396. The van der Waals surface area contributed by atoms with E-state index in [4.69, 9.17) is 23.2 Å². The van der Waals surface area contributed by atoms with E-state index in [1.165, 1.54) is 0 Å². The SMILES string of the molecule is CN(C)CCSCC(=O)c1cc(Cl)ccc1Cl. The van der Waals surface area contributed by atoms with Crippen LogP contribution in [0.5, 0.6) is 0 Å². The fourth-order valence-corrected chi connectivity index (χ4v) is 2.58. The van der Waals surface area contributed by atoms with Crippen molar-refractivity contribution in [3.8, 4) is 0 Å². The van der Waals surface area contributed by atoms with Gasteiger partial charge in [0.2, 0.25) is 0 Å². The molecule has 94 valence electrons. The largest absolute Gasteiger partial charge is 0.309 e. The van der Waals surface area contributed by atoms with Gasteiger partial charge in [-0.15, -0.1) is 0 Å². The number of carbonyl (C=O) groups is 1. The topological polar surface area (TPSA) is 20.3 Å². The van der Waals surface area contributed by atoms with Crippen LogP contribution < -0.4 is 0 Å². The van der Waals surface area contributed by atoms with Gasteiger partial charge in [0.15, 0.2) is 5.78 Å². The number of carbonyl (C=O) groups excluding carboxylic acids is 1. The number of nitrogens with zero attached hydrogens (tertiary/aromatic N) is 1. The molecule has 1 rings (SSSR count). The highest BCUT2D eigenvalue weighted by atomic mass is 35.5. The van der Waals surface area contributed by atoms with Crippen molar-refractivity contribution >= 4 is 40.7 Å². The van der Waals surface area contributed by atoms with Crippen molar-refractivity contribution in [3.63, 3.8) is 0 Å². The summed E-state index contributed by atoms with van der Waals surface area (Å²) in [5.41, 5.74) is 0.511. The van der Waals surface area contributed by atoms with Gasteiger partial charge in [-0.3, -0.25) is 4.79 Å². The summed E-state index contributed by atoms with van der Waals surface area (Å²) in [5, 5.41) is 1.00. The fourth-order valence-electron chi connectivity index (χ4n) is 1.20. The molecule has 0 saturated heterocycles. The predicted molar refractivity (Wildman–Crippen MR) is 76.7 cm³/mol. The van der Waals surface area contributed by atoms with Gasteiger partial charge in [0.1, 0.15) is 0 Å². The molecule has 0 heterocycles. The molecule has 0 aromatic heterocycles. The molecule has 0 bridgehead atoms. The molecule has 2 nitrogen and oxygen atoms in total. The summed E-state index contributed by atoms with van der Waals surface area (Å²) in [7, 11) is 4.02. The summed E-state index contributed by atoms with van der Waals surface area (Å²) in [4.78, 5) is 14.0. The van der Waals surface area contributed by atoms with E-state index in [-0.39, 0.29) is 5.78 Å². The normalized spacial score (nSPS) is 10.9. The first-order valence-corrected chi connectivity index (χ1v) is 7.12. The van der Waals surface area contributed by atoms with Gasteiger partial charge in [0.25, 0.3) is 0 Å². The quantitative estimate of drug-likeness (QED) is 0.591. The Hall–Kier alpha value is -0.220. The highest BCUT2D eigenvalue weighted by Crippen LogP contribution is 2.22. The van der Waals surface area contributed by atoms with E-state index in [9.17, 15) is 4.79 Å². The summed E-state index contributed by atoms with van der Waals surface area (Å²) in [5.74, 6) is 1.39. The van der Waals surface area contributed by atoms with Gasteiger partial charge in [0.05, 0.1) is 10.8 Å². The van der Waals surface area contributed by atoms with Crippen LogP contribution in [-0.2, 0) is 0 Å². The van der Waals surface area contributed by atoms with E-state index in [1.807, 2.05) is 14.1 Å². The maximum absolute atomic E-state index is 11.9. The zero-order valence-electron chi connectivity index (χ0n) is 9.87. The summed E-state index contributed by atoms with van der Waals surface area (Å²) < 4.78 is 0.